The SMILES string of the molecule is CO[C@H](/C=C/c1ccccc1)[C@@H](C)[C@@H]1O[C@H]1CO. The molecule has 1 aliphatic rings. The minimum absolute atomic E-state index is 0.00626. The van der Waals surface area contributed by atoms with Gasteiger partial charge in [0.1, 0.15) is 6.10 Å². The zero-order valence-electron chi connectivity index (χ0n) is 10.8. The molecule has 1 aromatic carbocycles. The molecule has 0 aliphatic carbocycles. The summed E-state index contributed by atoms with van der Waals surface area (Å²) in [5, 5.41) is 9.00. The Balaban J connectivity index is 1.95. The second-order valence-electron chi connectivity index (χ2n) is 4.65. The number of ether oxygens (including phenoxy) is 2. The Hall–Kier alpha value is -1.16. The molecule has 0 unspecified atom stereocenters. The molecule has 2 rings (SSSR count). The summed E-state index contributed by atoms with van der Waals surface area (Å²) < 4.78 is 10.9. The molecule has 0 saturated carbocycles. The van der Waals surface area contributed by atoms with Gasteiger partial charge in [0, 0.05) is 13.0 Å². The monoisotopic (exact) mass is 248 g/mol. The van der Waals surface area contributed by atoms with Crippen LogP contribution in [0.2, 0.25) is 0 Å². The van der Waals surface area contributed by atoms with Gasteiger partial charge in [-0.25, -0.2) is 0 Å². The lowest BCUT2D eigenvalue weighted by Gasteiger charge is -2.17. The zero-order chi connectivity index (χ0) is 13.0. The van der Waals surface area contributed by atoms with Crippen LogP contribution < -0.4 is 0 Å². The molecule has 98 valence electrons. The fourth-order valence-corrected chi connectivity index (χ4v) is 2.19. The number of aliphatic hydroxyl groups excluding tert-OH is 1. The van der Waals surface area contributed by atoms with E-state index < -0.39 is 0 Å². The van der Waals surface area contributed by atoms with Crippen molar-refractivity contribution in [2.45, 2.75) is 25.2 Å². The molecule has 4 atom stereocenters. The smallest absolute Gasteiger partial charge is 0.108 e. The highest BCUT2D eigenvalue weighted by atomic mass is 16.6. The molecule has 0 aromatic heterocycles. The van der Waals surface area contributed by atoms with Crippen LogP contribution in [0.25, 0.3) is 6.08 Å². The van der Waals surface area contributed by atoms with Crippen LogP contribution in [0.15, 0.2) is 36.4 Å². The van der Waals surface area contributed by atoms with Crippen LogP contribution in [-0.2, 0) is 9.47 Å². The standard InChI is InChI=1S/C15H20O3/c1-11(15-14(10-16)18-15)13(17-2)9-8-12-6-4-3-5-7-12/h3-9,11,13-16H,10H2,1-2H3/b9-8+/t11-,13-,14+,15+/m1/s1. The molecular weight excluding hydrogens is 228 g/mol. The molecule has 1 saturated heterocycles. The molecule has 0 spiro atoms. The van der Waals surface area contributed by atoms with Gasteiger partial charge in [0.25, 0.3) is 0 Å². The quantitative estimate of drug-likeness (QED) is 0.784. The number of epoxide rings is 1. The van der Waals surface area contributed by atoms with E-state index in [-0.39, 0.29) is 30.8 Å². The van der Waals surface area contributed by atoms with Gasteiger partial charge < -0.3 is 14.6 Å². The van der Waals surface area contributed by atoms with Gasteiger partial charge >= 0.3 is 0 Å². The minimum Gasteiger partial charge on any atom is -0.394 e. The molecule has 0 radical (unpaired) electrons. The molecular formula is C15H20O3. The number of benzene rings is 1. The van der Waals surface area contributed by atoms with Crippen LogP contribution in [0.5, 0.6) is 0 Å². The van der Waals surface area contributed by atoms with Crippen molar-refractivity contribution in [2.75, 3.05) is 13.7 Å². The van der Waals surface area contributed by atoms with Gasteiger partial charge in [0.2, 0.25) is 0 Å². The van der Waals surface area contributed by atoms with Crippen LogP contribution in [0.4, 0.5) is 0 Å². The summed E-state index contributed by atoms with van der Waals surface area (Å²) in [5.41, 5.74) is 1.15. The van der Waals surface area contributed by atoms with Crippen molar-refractivity contribution in [1.82, 2.24) is 0 Å². The highest BCUT2D eigenvalue weighted by Gasteiger charge is 2.44. The van der Waals surface area contributed by atoms with Gasteiger partial charge in [-0.1, -0.05) is 49.4 Å². The lowest BCUT2D eigenvalue weighted by atomic mass is 9.97. The van der Waals surface area contributed by atoms with E-state index in [1.54, 1.807) is 7.11 Å². The van der Waals surface area contributed by atoms with E-state index in [1.807, 2.05) is 18.2 Å². The van der Waals surface area contributed by atoms with E-state index in [1.165, 1.54) is 0 Å². The van der Waals surface area contributed by atoms with Crippen molar-refractivity contribution in [2.24, 2.45) is 5.92 Å². The Labute approximate surface area is 108 Å². The maximum atomic E-state index is 9.00. The summed E-state index contributed by atoms with van der Waals surface area (Å²) in [5.74, 6) is 0.243. The fourth-order valence-electron chi connectivity index (χ4n) is 2.19. The van der Waals surface area contributed by atoms with Crippen molar-refractivity contribution in [3.05, 3.63) is 42.0 Å². The van der Waals surface area contributed by atoms with E-state index in [0.29, 0.717) is 0 Å². The Morgan fingerprint density at radius 3 is 2.67 bits per heavy atom. The van der Waals surface area contributed by atoms with Crippen molar-refractivity contribution in [1.29, 1.82) is 0 Å². The zero-order valence-corrected chi connectivity index (χ0v) is 10.8. The third-order valence-corrected chi connectivity index (χ3v) is 3.39. The Kier molecular flexibility index (Phi) is 4.53. The average Bonchev–Trinajstić information content (AvgIpc) is 3.20. The Bertz CT molecular complexity index is 388. The second-order valence-corrected chi connectivity index (χ2v) is 4.65. The van der Waals surface area contributed by atoms with E-state index in [9.17, 15) is 0 Å². The first-order valence-corrected chi connectivity index (χ1v) is 6.28. The first-order valence-electron chi connectivity index (χ1n) is 6.28. The molecule has 1 heterocycles. The number of hydrogen-bond donors (Lipinski definition) is 1. The highest BCUT2D eigenvalue weighted by molar-refractivity contribution is 5.49. The lowest BCUT2D eigenvalue weighted by molar-refractivity contribution is 0.0838. The van der Waals surface area contributed by atoms with Crippen molar-refractivity contribution >= 4 is 6.08 Å². The number of aliphatic hydroxyl groups is 1. The molecule has 3 nitrogen and oxygen atoms in total. The Morgan fingerprint density at radius 1 is 1.39 bits per heavy atom. The normalized spacial score (nSPS) is 26.2. The maximum absolute atomic E-state index is 9.00. The van der Waals surface area contributed by atoms with E-state index in [0.717, 1.165) is 5.56 Å². The fraction of sp³-hybridized carbons (Fsp3) is 0.467. The first kappa shape index (κ1) is 13.3. The number of methoxy groups -OCH3 is 1. The van der Waals surface area contributed by atoms with E-state index in [4.69, 9.17) is 14.6 Å². The molecule has 0 amide bonds. The first-order chi connectivity index (χ1) is 8.76. The largest absolute Gasteiger partial charge is 0.394 e. The third kappa shape index (κ3) is 3.19. The van der Waals surface area contributed by atoms with Crippen molar-refractivity contribution < 1.29 is 14.6 Å². The summed E-state index contributed by atoms with van der Waals surface area (Å²) in [6.45, 7) is 2.18. The van der Waals surface area contributed by atoms with Crippen molar-refractivity contribution in [3.63, 3.8) is 0 Å². The van der Waals surface area contributed by atoms with Gasteiger partial charge in [-0.3, -0.25) is 0 Å². The topological polar surface area (TPSA) is 42.0 Å². The predicted octanol–water partition coefficient (Wildman–Crippen LogP) is 2.11. The number of rotatable bonds is 6. The van der Waals surface area contributed by atoms with Crippen LogP contribution in [0.1, 0.15) is 12.5 Å². The Morgan fingerprint density at radius 2 is 2.11 bits per heavy atom. The van der Waals surface area contributed by atoms with Crippen LogP contribution >= 0.6 is 0 Å². The summed E-state index contributed by atoms with van der Waals surface area (Å²) >= 11 is 0. The molecule has 3 heteroatoms. The summed E-state index contributed by atoms with van der Waals surface area (Å²) in [7, 11) is 1.70. The molecule has 1 N–H and O–H groups in total. The summed E-state index contributed by atoms with van der Waals surface area (Å²) in [4.78, 5) is 0. The average molecular weight is 248 g/mol. The maximum Gasteiger partial charge on any atom is 0.108 e. The van der Waals surface area contributed by atoms with Crippen molar-refractivity contribution in [3.8, 4) is 0 Å². The van der Waals surface area contributed by atoms with E-state index in [2.05, 4.69) is 31.2 Å². The van der Waals surface area contributed by atoms with Gasteiger partial charge in [-0.05, 0) is 5.56 Å². The van der Waals surface area contributed by atoms with Gasteiger partial charge in [-0.15, -0.1) is 0 Å². The molecule has 1 fully saturated rings. The van der Waals surface area contributed by atoms with E-state index >= 15 is 0 Å². The molecule has 0 bridgehead atoms. The second kappa shape index (κ2) is 6.14. The summed E-state index contributed by atoms with van der Waals surface area (Å²) in [6.07, 6.45) is 4.21. The minimum atomic E-state index is -0.0113. The van der Waals surface area contributed by atoms with Crippen LogP contribution in [0, 0.1) is 5.92 Å². The van der Waals surface area contributed by atoms with Gasteiger partial charge in [-0.2, -0.15) is 0 Å². The molecule has 18 heavy (non-hydrogen) atoms. The molecule has 1 aliphatic heterocycles. The highest BCUT2D eigenvalue weighted by Crippen LogP contribution is 2.32. The van der Waals surface area contributed by atoms with Gasteiger partial charge in [0.15, 0.2) is 0 Å². The van der Waals surface area contributed by atoms with Gasteiger partial charge in [0.05, 0.1) is 18.8 Å². The predicted molar refractivity (Wildman–Crippen MR) is 71.2 cm³/mol. The lowest BCUT2D eigenvalue weighted by Crippen LogP contribution is -2.24. The van der Waals surface area contributed by atoms with Crippen LogP contribution in [-0.4, -0.2) is 37.1 Å². The molecule has 1 aromatic rings. The third-order valence-electron chi connectivity index (χ3n) is 3.39. The number of hydrogen-bond acceptors (Lipinski definition) is 3. The van der Waals surface area contributed by atoms with Crippen LogP contribution in [0.3, 0.4) is 0 Å². The summed E-state index contributed by atoms with van der Waals surface area (Å²) in [6, 6.07) is 10.1.